The fourth-order valence-corrected chi connectivity index (χ4v) is 2.52. The zero-order valence-electron chi connectivity index (χ0n) is 12.2. The lowest BCUT2D eigenvalue weighted by atomic mass is 10.2. The molecule has 2 rings (SSSR count). The Kier molecular flexibility index (Phi) is 6.02. The Hall–Kier alpha value is -1.59. The summed E-state index contributed by atoms with van der Waals surface area (Å²) in [6.07, 6.45) is 1.75. The van der Waals surface area contributed by atoms with Crippen molar-refractivity contribution in [3.8, 4) is 11.5 Å². The third-order valence-electron chi connectivity index (χ3n) is 2.96. The van der Waals surface area contributed by atoms with Crippen LogP contribution in [-0.2, 0) is 13.2 Å². The van der Waals surface area contributed by atoms with Gasteiger partial charge in [-0.25, -0.2) is 0 Å². The molecular weight excluding hydrogens is 332 g/mol. The third kappa shape index (κ3) is 4.44. The van der Waals surface area contributed by atoms with Crippen molar-refractivity contribution in [3.63, 3.8) is 0 Å². The molecule has 2 aromatic rings. The van der Waals surface area contributed by atoms with Gasteiger partial charge in [0, 0.05) is 12.7 Å². The zero-order valence-corrected chi connectivity index (χ0v) is 13.8. The Labute approximate surface area is 133 Å². The zero-order chi connectivity index (χ0) is 15.1. The van der Waals surface area contributed by atoms with Crippen molar-refractivity contribution in [1.29, 1.82) is 0 Å². The number of hydrogen-bond donors (Lipinski definition) is 1. The molecule has 5 heteroatoms. The first kappa shape index (κ1) is 15.8. The molecule has 1 aromatic carbocycles. The van der Waals surface area contributed by atoms with Gasteiger partial charge in [0.05, 0.1) is 17.3 Å². The largest absolute Gasteiger partial charge is 0.493 e. The average Bonchev–Trinajstić information content (AvgIpc) is 2.52. The first-order valence-corrected chi connectivity index (χ1v) is 7.63. The molecule has 1 heterocycles. The minimum Gasteiger partial charge on any atom is -0.493 e. The molecule has 1 N–H and O–H groups in total. The van der Waals surface area contributed by atoms with Crippen LogP contribution in [-0.4, -0.2) is 18.6 Å². The van der Waals surface area contributed by atoms with E-state index in [1.54, 1.807) is 13.3 Å². The van der Waals surface area contributed by atoms with E-state index in [1.807, 2.05) is 30.3 Å². The number of benzene rings is 1. The van der Waals surface area contributed by atoms with Gasteiger partial charge in [-0.3, -0.25) is 4.98 Å². The summed E-state index contributed by atoms with van der Waals surface area (Å²) in [4.78, 5) is 4.25. The molecule has 0 aliphatic heterocycles. The lowest BCUT2D eigenvalue weighted by Gasteiger charge is -2.14. The van der Waals surface area contributed by atoms with Crippen LogP contribution in [0.5, 0.6) is 11.5 Å². The second kappa shape index (κ2) is 8.00. The van der Waals surface area contributed by atoms with E-state index in [0.717, 1.165) is 28.8 Å². The van der Waals surface area contributed by atoms with Gasteiger partial charge in [0.1, 0.15) is 6.61 Å². The Morgan fingerprint density at radius 1 is 1.29 bits per heavy atom. The van der Waals surface area contributed by atoms with Gasteiger partial charge in [-0.2, -0.15) is 0 Å². The van der Waals surface area contributed by atoms with Crippen molar-refractivity contribution in [3.05, 3.63) is 52.3 Å². The minimum atomic E-state index is 0.405. The molecule has 0 spiro atoms. The van der Waals surface area contributed by atoms with Crippen molar-refractivity contribution < 1.29 is 9.47 Å². The first-order chi connectivity index (χ1) is 10.2. The minimum absolute atomic E-state index is 0.405. The Balaban J connectivity index is 2.14. The van der Waals surface area contributed by atoms with Crippen molar-refractivity contribution in [2.24, 2.45) is 0 Å². The number of aromatic nitrogens is 1. The molecule has 0 aliphatic rings. The van der Waals surface area contributed by atoms with Crippen LogP contribution < -0.4 is 14.8 Å². The summed E-state index contributed by atoms with van der Waals surface area (Å²) in [7, 11) is 1.65. The molecule has 0 fully saturated rings. The van der Waals surface area contributed by atoms with Crippen LogP contribution >= 0.6 is 15.9 Å². The van der Waals surface area contributed by atoms with Crippen LogP contribution in [0.1, 0.15) is 18.2 Å². The summed E-state index contributed by atoms with van der Waals surface area (Å²) in [6, 6.07) is 9.78. The molecule has 1 aromatic heterocycles. The molecule has 0 bridgehead atoms. The number of methoxy groups -OCH3 is 1. The molecule has 0 saturated heterocycles. The number of ether oxygens (including phenoxy) is 2. The van der Waals surface area contributed by atoms with Gasteiger partial charge in [0.25, 0.3) is 0 Å². The van der Waals surface area contributed by atoms with Crippen molar-refractivity contribution in [2.75, 3.05) is 13.7 Å². The van der Waals surface area contributed by atoms with E-state index >= 15 is 0 Å². The molecule has 0 amide bonds. The number of nitrogens with zero attached hydrogens (tertiary/aromatic N) is 1. The highest BCUT2D eigenvalue weighted by molar-refractivity contribution is 9.10. The van der Waals surface area contributed by atoms with Crippen LogP contribution in [0.2, 0.25) is 0 Å². The molecule has 112 valence electrons. The van der Waals surface area contributed by atoms with E-state index in [9.17, 15) is 0 Å². The number of nitrogens with one attached hydrogen (secondary N) is 1. The summed E-state index contributed by atoms with van der Waals surface area (Å²) in [5, 5.41) is 3.29. The maximum absolute atomic E-state index is 5.85. The van der Waals surface area contributed by atoms with Crippen LogP contribution in [0.4, 0.5) is 0 Å². The van der Waals surface area contributed by atoms with E-state index in [4.69, 9.17) is 9.47 Å². The second-order valence-electron chi connectivity index (χ2n) is 4.50. The highest BCUT2D eigenvalue weighted by atomic mass is 79.9. The van der Waals surface area contributed by atoms with Crippen LogP contribution in [0, 0.1) is 0 Å². The van der Waals surface area contributed by atoms with Gasteiger partial charge in [-0.05, 0) is 52.3 Å². The lowest BCUT2D eigenvalue weighted by molar-refractivity contribution is 0.278. The Morgan fingerprint density at radius 2 is 2.14 bits per heavy atom. The molecule has 0 radical (unpaired) electrons. The maximum Gasteiger partial charge on any atom is 0.175 e. The van der Waals surface area contributed by atoms with Crippen molar-refractivity contribution in [2.45, 2.75) is 20.1 Å². The van der Waals surface area contributed by atoms with Gasteiger partial charge in [-0.1, -0.05) is 13.0 Å². The fourth-order valence-electron chi connectivity index (χ4n) is 1.91. The monoisotopic (exact) mass is 350 g/mol. The SMILES string of the molecule is CCNCc1cc(Br)c(OCc2ccccn2)c(OC)c1. The molecule has 0 aliphatic carbocycles. The predicted molar refractivity (Wildman–Crippen MR) is 86.6 cm³/mol. The summed E-state index contributed by atoms with van der Waals surface area (Å²) in [6.45, 7) is 4.21. The number of pyridine rings is 1. The van der Waals surface area contributed by atoms with Crippen molar-refractivity contribution in [1.82, 2.24) is 10.3 Å². The quantitative estimate of drug-likeness (QED) is 0.829. The number of halogens is 1. The summed E-state index contributed by atoms with van der Waals surface area (Å²) >= 11 is 3.55. The van der Waals surface area contributed by atoms with Crippen LogP contribution in [0.15, 0.2) is 41.0 Å². The van der Waals surface area contributed by atoms with Crippen LogP contribution in [0.3, 0.4) is 0 Å². The maximum atomic E-state index is 5.85. The highest BCUT2D eigenvalue weighted by Crippen LogP contribution is 2.37. The van der Waals surface area contributed by atoms with Crippen molar-refractivity contribution >= 4 is 15.9 Å². The third-order valence-corrected chi connectivity index (χ3v) is 3.55. The Bertz CT molecular complexity index is 576. The summed E-state index contributed by atoms with van der Waals surface area (Å²) < 4.78 is 12.2. The molecule has 0 atom stereocenters. The number of rotatable bonds is 7. The topological polar surface area (TPSA) is 43.4 Å². The molecular formula is C16H19BrN2O2. The average molecular weight is 351 g/mol. The predicted octanol–water partition coefficient (Wildman–Crippen LogP) is 3.54. The van der Waals surface area contributed by atoms with E-state index in [-0.39, 0.29) is 0 Å². The van der Waals surface area contributed by atoms with Gasteiger partial charge in [-0.15, -0.1) is 0 Å². The summed E-state index contributed by atoms with van der Waals surface area (Å²) in [5.74, 6) is 1.41. The van der Waals surface area contributed by atoms with E-state index in [2.05, 4.69) is 33.2 Å². The van der Waals surface area contributed by atoms with Crippen LogP contribution in [0.25, 0.3) is 0 Å². The van der Waals surface area contributed by atoms with Gasteiger partial charge in [0.15, 0.2) is 11.5 Å². The summed E-state index contributed by atoms with van der Waals surface area (Å²) in [5.41, 5.74) is 2.02. The van der Waals surface area contributed by atoms with Gasteiger partial charge >= 0.3 is 0 Å². The number of hydrogen-bond acceptors (Lipinski definition) is 4. The lowest BCUT2D eigenvalue weighted by Crippen LogP contribution is -2.12. The van der Waals surface area contributed by atoms with E-state index in [0.29, 0.717) is 18.1 Å². The Morgan fingerprint density at radius 3 is 2.81 bits per heavy atom. The van der Waals surface area contributed by atoms with E-state index in [1.165, 1.54) is 0 Å². The molecule has 0 saturated carbocycles. The van der Waals surface area contributed by atoms with E-state index < -0.39 is 0 Å². The first-order valence-electron chi connectivity index (χ1n) is 6.84. The second-order valence-corrected chi connectivity index (χ2v) is 5.35. The smallest absolute Gasteiger partial charge is 0.175 e. The molecule has 0 unspecified atom stereocenters. The highest BCUT2D eigenvalue weighted by Gasteiger charge is 2.12. The fraction of sp³-hybridized carbons (Fsp3) is 0.312. The standard InChI is InChI=1S/C16H19BrN2O2/c1-3-18-10-12-8-14(17)16(15(9-12)20-2)21-11-13-6-4-5-7-19-13/h4-9,18H,3,10-11H2,1-2H3. The molecule has 4 nitrogen and oxygen atoms in total. The van der Waals surface area contributed by atoms with Gasteiger partial charge < -0.3 is 14.8 Å². The molecule has 21 heavy (non-hydrogen) atoms. The van der Waals surface area contributed by atoms with Gasteiger partial charge in [0.2, 0.25) is 0 Å². The normalized spacial score (nSPS) is 10.4.